The van der Waals surface area contributed by atoms with Gasteiger partial charge in [-0.15, -0.1) is 0 Å². The number of carbonyl (C=O) groups is 1. The minimum absolute atomic E-state index is 0.101. The summed E-state index contributed by atoms with van der Waals surface area (Å²) in [5, 5.41) is 9.75. The second kappa shape index (κ2) is 8.46. The lowest BCUT2D eigenvalue weighted by molar-refractivity contribution is -0.116. The Kier molecular flexibility index (Phi) is 5.83. The maximum absolute atomic E-state index is 12.1. The third kappa shape index (κ3) is 4.71. The number of nitrogens with one attached hydrogen (secondary N) is 2. The topological polar surface area (TPSA) is 106 Å². The fraction of sp³-hybridized carbons (Fsp3) is 0.250. The molecular weight excluding hydrogens is 342 g/mol. The largest absolute Gasteiger partial charge is 0.493 e. The summed E-state index contributed by atoms with van der Waals surface area (Å²) in [6.07, 6.45) is 0.274. The molecule has 7 heteroatoms. The van der Waals surface area contributed by atoms with Crippen molar-refractivity contribution in [3.05, 3.63) is 59.4 Å². The fourth-order valence-corrected chi connectivity index (χ4v) is 2.58. The monoisotopic (exact) mass is 365 g/mol. The number of anilines is 1. The number of H-pyrrole nitrogens is 1. The number of aromatic amines is 1. The molecule has 7 nitrogen and oxygen atoms in total. The molecule has 0 spiro atoms. The summed E-state index contributed by atoms with van der Waals surface area (Å²) >= 11 is 0. The van der Waals surface area contributed by atoms with Gasteiger partial charge in [0, 0.05) is 11.3 Å². The maximum Gasteiger partial charge on any atom is 0.227 e. The second-order valence-corrected chi connectivity index (χ2v) is 6.23. The SMILES string of the molecule is Cc1cccc(OCCC(=O)Nc2ccc(-c3n[nH]c(CN)n3)cc2)c1C. The van der Waals surface area contributed by atoms with Gasteiger partial charge in [-0.1, -0.05) is 12.1 Å². The maximum atomic E-state index is 12.1. The molecule has 27 heavy (non-hydrogen) atoms. The minimum atomic E-state index is -0.101. The third-order valence-electron chi connectivity index (χ3n) is 4.29. The van der Waals surface area contributed by atoms with E-state index in [2.05, 4.69) is 20.5 Å². The molecule has 140 valence electrons. The average Bonchev–Trinajstić information content (AvgIpc) is 3.15. The Morgan fingerprint density at radius 1 is 1.19 bits per heavy atom. The number of aromatic nitrogens is 3. The molecule has 2 aromatic carbocycles. The molecular formula is C20H23N5O2. The van der Waals surface area contributed by atoms with Crippen molar-refractivity contribution in [3.63, 3.8) is 0 Å². The summed E-state index contributed by atoms with van der Waals surface area (Å²) in [6.45, 7) is 4.68. The second-order valence-electron chi connectivity index (χ2n) is 6.23. The molecule has 0 bridgehead atoms. The van der Waals surface area contributed by atoms with E-state index >= 15 is 0 Å². The molecule has 0 aliphatic heterocycles. The van der Waals surface area contributed by atoms with E-state index in [0.717, 1.165) is 16.9 Å². The number of rotatable bonds is 7. The molecule has 0 unspecified atom stereocenters. The molecule has 0 atom stereocenters. The summed E-state index contributed by atoms with van der Waals surface area (Å²) in [4.78, 5) is 16.4. The smallest absolute Gasteiger partial charge is 0.227 e. The number of aryl methyl sites for hydroxylation is 1. The number of benzene rings is 2. The number of nitrogens with two attached hydrogens (primary N) is 1. The van der Waals surface area contributed by atoms with Crippen LogP contribution >= 0.6 is 0 Å². The van der Waals surface area contributed by atoms with Crippen LogP contribution in [0.2, 0.25) is 0 Å². The lowest BCUT2D eigenvalue weighted by Crippen LogP contribution is -2.15. The van der Waals surface area contributed by atoms with E-state index in [1.165, 1.54) is 5.56 Å². The molecule has 4 N–H and O–H groups in total. The third-order valence-corrected chi connectivity index (χ3v) is 4.29. The molecule has 3 aromatic rings. The highest BCUT2D eigenvalue weighted by atomic mass is 16.5. The van der Waals surface area contributed by atoms with Gasteiger partial charge in [-0.2, -0.15) is 5.10 Å². The zero-order chi connectivity index (χ0) is 19.2. The Hall–Kier alpha value is -3.19. The Bertz CT molecular complexity index is 918. The Morgan fingerprint density at radius 2 is 1.96 bits per heavy atom. The van der Waals surface area contributed by atoms with Gasteiger partial charge in [-0.25, -0.2) is 4.98 Å². The lowest BCUT2D eigenvalue weighted by Gasteiger charge is -2.11. The van der Waals surface area contributed by atoms with Crippen LogP contribution in [0.1, 0.15) is 23.4 Å². The molecule has 3 rings (SSSR count). The first-order valence-corrected chi connectivity index (χ1v) is 8.77. The van der Waals surface area contributed by atoms with Gasteiger partial charge in [0.15, 0.2) is 5.82 Å². The van der Waals surface area contributed by atoms with Crippen LogP contribution < -0.4 is 15.8 Å². The number of ether oxygens (including phenoxy) is 1. The van der Waals surface area contributed by atoms with E-state index in [9.17, 15) is 4.79 Å². The standard InChI is InChI=1S/C20H23N5O2/c1-13-4-3-5-17(14(13)2)27-11-10-19(26)22-16-8-6-15(7-9-16)20-23-18(12-21)24-25-20/h3-9H,10-12,21H2,1-2H3,(H,22,26)(H,23,24,25). The quantitative estimate of drug-likeness (QED) is 0.597. The van der Waals surface area contributed by atoms with Gasteiger partial charge in [0.05, 0.1) is 19.6 Å². The number of hydrogen-bond donors (Lipinski definition) is 3. The first-order chi connectivity index (χ1) is 13.1. The first kappa shape index (κ1) is 18.6. The van der Waals surface area contributed by atoms with Crippen LogP contribution in [-0.2, 0) is 11.3 Å². The van der Waals surface area contributed by atoms with Crippen LogP contribution in [0.5, 0.6) is 5.75 Å². The van der Waals surface area contributed by atoms with E-state index in [0.29, 0.717) is 30.5 Å². The average molecular weight is 365 g/mol. The minimum Gasteiger partial charge on any atom is -0.493 e. The molecule has 0 fully saturated rings. The lowest BCUT2D eigenvalue weighted by atomic mass is 10.1. The Labute approximate surface area is 158 Å². The van der Waals surface area contributed by atoms with Crippen molar-refractivity contribution >= 4 is 11.6 Å². The van der Waals surface area contributed by atoms with E-state index < -0.39 is 0 Å². The Morgan fingerprint density at radius 3 is 2.67 bits per heavy atom. The molecule has 0 saturated carbocycles. The number of hydrogen-bond acceptors (Lipinski definition) is 5. The molecule has 1 amide bonds. The summed E-state index contributed by atoms with van der Waals surface area (Å²) in [7, 11) is 0. The number of carbonyl (C=O) groups excluding carboxylic acids is 1. The van der Waals surface area contributed by atoms with E-state index in [-0.39, 0.29) is 12.3 Å². The van der Waals surface area contributed by atoms with Gasteiger partial charge < -0.3 is 15.8 Å². The van der Waals surface area contributed by atoms with Crippen molar-refractivity contribution in [1.29, 1.82) is 0 Å². The predicted molar refractivity (Wildman–Crippen MR) is 104 cm³/mol. The molecule has 1 aromatic heterocycles. The molecule has 0 saturated heterocycles. The van der Waals surface area contributed by atoms with Crippen LogP contribution in [0.3, 0.4) is 0 Å². The van der Waals surface area contributed by atoms with Gasteiger partial charge in [-0.3, -0.25) is 9.89 Å². The van der Waals surface area contributed by atoms with E-state index in [1.807, 2.05) is 56.3 Å². The molecule has 0 radical (unpaired) electrons. The summed E-state index contributed by atoms with van der Waals surface area (Å²) in [5.41, 5.74) is 9.35. The first-order valence-electron chi connectivity index (χ1n) is 8.77. The van der Waals surface area contributed by atoms with Gasteiger partial charge >= 0.3 is 0 Å². The highest BCUT2D eigenvalue weighted by molar-refractivity contribution is 5.91. The van der Waals surface area contributed by atoms with Crippen LogP contribution in [-0.4, -0.2) is 27.7 Å². The number of nitrogens with zero attached hydrogens (tertiary/aromatic N) is 2. The van der Waals surface area contributed by atoms with Crippen LogP contribution in [0.4, 0.5) is 5.69 Å². The van der Waals surface area contributed by atoms with Crippen molar-refractivity contribution in [3.8, 4) is 17.1 Å². The van der Waals surface area contributed by atoms with Crippen LogP contribution in [0.15, 0.2) is 42.5 Å². The summed E-state index contributed by atoms with van der Waals surface area (Å²) in [5.74, 6) is 1.92. The summed E-state index contributed by atoms with van der Waals surface area (Å²) < 4.78 is 5.72. The zero-order valence-corrected chi connectivity index (χ0v) is 15.5. The molecule has 0 aliphatic carbocycles. The molecule has 0 aliphatic rings. The van der Waals surface area contributed by atoms with Crippen molar-refractivity contribution < 1.29 is 9.53 Å². The van der Waals surface area contributed by atoms with E-state index in [4.69, 9.17) is 10.5 Å². The highest BCUT2D eigenvalue weighted by Crippen LogP contribution is 2.21. The zero-order valence-electron chi connectivity index (χ0n) is 15.5. The Balaban J connectivity index is 1.51. The van der Waals surface area contributed by atoms with Crippen molar-refractivity contribution in [1.82, 2.24) is 15.2 Å². The van der Waals surface area contributed by atoms with Crippen molar-refractivity contribution in [2.24, 2.45) is 5.73 Å². The van der Waals surface area contributed by atoms with Gasteiger partial charge in [0.1, 0.15) is 11.6 Å². The van der Waals surface area contributed by atoms with Crippen molar-refractivity contribution in [2.75, 3.05) is 11.9 Å². The molecule has 1 heterocycles. The predicted octanol–water partition coefficient (Wildman–Crippen LogP) is 2.95. The van der Waals surface area contributed by atoms with Gasteiger partial charge in [-0.05, 0) is 55.3 Å². The van der Waals surface area contributed by atoms with Gasteiger partial charge in [0.2, 0.25) is 5.91 Å². The normalized spacial score (nSPS) is 10.6. The fourth-order valence-electron chi connectivity index (χ4n) is 2.58. The summed E-state index contributed by atoms with van der Waals surface area (Å²) in [6, 6.07) is 13.2. The number of amides is 1. The van der Waals surface area contributed by atoms with E-state index in [1.54, 1.807) is 0 Å². The highest BCUT2D eigenvalue weighted by Gasteiger charge is 2.08. The van der Waals surface area contributed by atoms with Gasteiger partial charge in [0.25, 0.3) is 0 Å². The van der Waals surface area contributed by atoms with Crippen LogP contribution in [0.25, 0.3) is 11.4 Å². The van der Waals surface area contributed by atoms with Crippen LogP contribution in [0, 0.1) is 13.8 Å². The van der Waals surface area contributed by atoms with Crippen molar-refractivity contribution in [2.45, 2.75) is 26.8 Å².